The second-order valence-electron chi connectivity index (χ2n) is 5.28. The van der Waals surface area contributed by atoms with E-state index in [9.17, 15) is 4.79 Å². The zero-order chi connectivity index (χ0) is 13.0. The summed E-state index contributed by atoms with van der Waals surface area (Å²) in [5.74, 6) is 0.776. The second kappa shape index (κ2) is 5.85. The summed E-state index contributed by atoms with van der Waals surface area (Å²) < 4.78 is 0. The van der Waals surface area contributed by atoms with Crippen LogP contribution in [0.3, 0.4) is 0 Å². The van der Waals surface area contributed by atoms with Crippen molar-refractivity contribution in [2.45, 2.75) is 26.7 Å². The topological polar surface area (TPSA) is 20.3 Å². The molecular formula is C16H21NO. The van der Waals surface area contributed by atoms with Crippen LogP contribution in [0.5, 0.6) is 0 Å². The fourth-order valence-corrected chi connectivity index (χ4v) is 2.44. The average molecular weight is 243 g/mol. The maximum Gasteiger partial charge on any atom is 0.246 e. The zero-order valence-electron chi connectivity index (χ0n) is 11.2. The van der Waals surface area contributed by atoms with Crippen molar-refractivity contribution in [3.05, 3.63) is 41.5 Å². The van der Waals surface area contributed by atoms with E-state index in [2.05, 4.69) is 26.0 Å². The van der Waals surface area contributed by atoms with E-state index in [0.717, 1.165) is 25.1 Å². The fraction of sp³-hybridized carbons (Fsp3) is 0.438. The lowest BCUT2D eigenvalue weighted by molar-refractivity contribution is -0.127. The largest absolute Gasteiger partial charge is 0.339 e. The van der Waals surface area contributed by atoms with Crippen molar-refractivity contribution >= 4 is 12.0 Å². The van der Waals surface area contributed by atoms with Crippen LogP contribution in [0.1, 0.15) is 30.9 Å². The molecule has 1 amide bonds. The van der Waals surface area contributed by atoms with Gasteiger partial charge in [0, 0.05) is 19.2 Å². The second-order valence-corrected chi connectivity index (χ2v) is 5.28. The Kier molecular flexibility index (Phi) is 4.19. The molecule has 96 valence electrons. The van der Waals surface area contributed by atoms with E-state index in [1.54, 1.807) is 6.08 Å². The van der Waals surface area contributed by atoms with Gasteiger partial charge in [-0.25, -0.2) is 0 Å². The van der Waals surface area contributed by atoms with Gasteiger partial charge >= 0.3 is 0 Å². The summed E-state index contributed by atoms with van der Waals surface area (Å²) in [6.45, 7) is 6.08. The van der Waals surface area contributed by atoms with Crippen molar-refractivity contribution < 1.29 is 4.79 Å². The average Bonchev–Trinajstić information content (AvgIpc) is 2.36. The molecule has 1 heterocycles. The maximum atomic E-state index is 12.0. The molecule has 18 heavy (non-hydrogen) atoms. The van der Waals surface area contributed by atoms with Gasteiger partial charge in [0.25, 0.3) is 0 Å². The fourth-order valence-electron chi connectivity index (χ4n) is 2.44. The van der Waals surface area contributed by atoms with Crippen molar-refractivity contribution in [2.24, 2.45) is 5.92 Å². The van der Waals surface area contributed by atoms with E-state index in [-0.39, 0.29) is 5.91 Å². The molecular weight excluding hydrogens is 222 g/mol. The molecule has 1 unspecified atom stereocenters. The molecule has 2 nitrogen and oxygen atoms in total. The van der Waals surface area contributed by atoms with Crippen LogP contribution in [-0.4, -0.2) is 23.9 Å². The Morgan fingerprint density at radius 1 is 1.44 bits per heavy atom. The highest BCUT2D eigenvalue weighted by Crippen LogP contribution is 2.16. The number of carbonyl (C=O) groups is 1. The summed E-state index contributed by atoms with van der Waals surface area (Å²) >= 11 is 0. The Labute approximate surface area is 109 Å². The van der Waals surface area contributed by atoms with Gasteiger partial charge in [0.2, 0.25) is 5.91 Å². The number of piperidine rings is 1. The third kappa shape index (κ3) is 3.46. The lowest BCUT2D eigenvalue weighted by Crippen LogP contribution is -2.38. The standard InChI is InChI=1S/C16H21NO/c1-13-5-3-7-15(11-13)8-9-16(18)17-10-4-6-14(2)12-17/h3,5,7-9,11,14H,4,6,10,12H2,1-2H3/b9-8+. The van der Waals surface area contributed by atoms with E-state index >= 15 is 0 Å². The van der Waals surface area contributed by atoms with Crippen molar-refractivity contribution in [1.82, 2.24) is 4.90 Å². The number of rotatable bonds is 2. The van der Waals surface area contributed by atoms with Crippen molar-refractivity contribution in [3.63, 3.8) is 0 Å². The Hall–Kier alpha value is -1.57. The molecule has 2 heteroatoms. The zero-order valence-corrected chi connectivity index (χ0v) is 11.2. The van der Waals surface area contributed by atoms with Gasteiger partial charge < -0.3 is 4.90 Å². The van der Waals surface area contributed by atoms with E-state index in [1.165, 1.54) is 12.0 Å². The van der Waals surface area contributed by atoms with E-state index < -0.39 is 0 Å². The van der Waals surface area contributed by atoms with Crippen molar-refractivity contribution in [1.29, 1.82) is 0 Å². The number of nitrogens with zero attached hydrogens (tertiary/aromatic N) is 1. The Morgan fingerprint density at radius 2 is 2.28 bits per heavy atom. The van der Waals surface area contributed by atoms with E-state index in [4.69, 9.17) is 0 Å². The maximum absolute atomic E-state index is 12.0. The number of likely N-dealkylation sites (tertiary alicyclic amines) is 1. The highest BCUT2D eigenvalue weighted by atomic mass is 16.2. The van der Waals surface area contributed by atoms with Crippen LogP contribution < -0.4 is 0 Å². The predicted octanol–water partition coefficient (Wildman–Crippen LogP) is 3.27. The SMILES string of the molecule is Cc1cccc(/C=C/C(=O)N2CCCC(C)C2)c1. The van der Waals surface area contributed by atoms with Crippen LogP contribution in [0.2, 0.25) is 0 Å². The van der Waals surface area contributed by atoms with Crippen molar-refractivity contribution in [2.75, 3.05) is 13.1 Å². The van der Waals surface area contributed by atoms with Gasteiger partial charge in [0.15, 0.2) is 0 Å². The monoisotopic (exact) mass is 243 g/mol. The van der Waals surface area contributed by atoms with Gasteiger partial charge in [0.1, 0.15) is 0 Å². The molecule has 0 aromatic heterocycles. The Morgan fingerprint density at radius 3 is 3.00 bits per heavy atom. The number of benzene rings is 1. The summed E-state index contributed by atoms with van der Waals surface area (Å²) in [5, 5.41) is 0. The molecule has 1 atom stereocenters. The summed E-state index contributed by atoms with van der Waals surface area (Å²) in [6, 6.07) is 8.19. The molecule has 1 aliphatic heterocycles. The summed E-state index contributed by atoms with van der Waals surface area (Å²) in [7, 11) is 0. The molecule has 0 radical (unpaired) electrons. The van der Waals surface area contributed by atoms with Gasteiger partial charge in [-0.2, -0.15) is 0 Å². The Balaban J connectivity index is 1.98. The van der Waals surface area contributed by atoms with E-state index in [0.29, 0.717) is 5.92 Å². The summed E-state index contributed by atoms with van der Waals surface area (Å²) in [5.41, 5.74) is 2.31. The number of hydrogen-bond acceptors (Lipinski definition) is 1. The van der Waals surface area contributed by atoms with Gasteiger partial charge in [-0.15, -0.1) is 0 Å². The molecule has 0 aliphatic carbocycles. The number of amides is 1. The van der Waals surface area contributed by atoms with Crippen LogP contribution in [0, 0.1) is 12.8 Å². The summed E-state index contributed by atoms with van der Waals surface area (Å²) in [6.07, 6.45) is 5.98. The normalized spacial score (nSPS) is 20.3. The molecule has 0 N–H and O–H groups in total. The molecule has 0 bridgehead atoms. The van der Waals surface area contributed by atoms with Crippen molar-refractivity contribution in [3.8, 4) is 0 Å². The lowest BCUT2D eigenvalue weighted by atomic mass is 10.0. The molecule has 1 saturated heterocycles. The first-order chi connectivity index (χ1) is 8.65. The predicted molar refractivity (Wildman–Crippen MR) is 75.2 cm³/mol. The highest BCUT2D eigenvalue weighted by molar-refractivity contribution is 5.91. The first-order valence-corrected chi connectivity index (χ1v) is 6.69. The molecule has 1 aliphatic rings. The number of aryl methyl sites for hydroxylation is 1. The molecule has 0 saturated carbocycles. The van der Waals surface area contributed by atoms with Gasteiger partial charge in [-0.05, 0) is 37.3 Å². The van der Waals surface area contributed by atoms with Gasteiger partial charge in [0.05, 0.1) is 0 Å². The smallest absolute Gasteiger partial charge is 0.246 e. The molecule has 1 aromatic rings. The lowest BCUT2D eigenvalue weighted by Gasteiger charge is -2.30. The minimum Gasteiger partial charge on any atom is -0.339 e. The van der Waals surface area contributed by atoms with Crippen LogP contribution in [0.15, 0.2) is 30.3 Å². The minimum atomic E-state index is 0.142. The van der Waals surface area contributed by atoms with Crippen LogP contribution in [-0.2, 0) is 4.79 Å². The Bertz CT molecular complexity index is 450. The molecule has 2 rings (SSSR count). The van der Waals surface area contributed by atoms with Crippen LogP contribution >= 0.6 is 0 Å². The molecule has 1 aromatic carbocycles. The molecule has 0 spiro atoms. The third-order valence-corrected chi connectivity index (χ3v) is 3.43. The van der Waals surface area contributed by atoms with Gasteiger partial charge in [-0.1, -0.05) is 36.8 Å². The van der Waals surface area contributed by atoms with E-state index in [1.807, 2.05) is 23.1 Å². The van der Waals surface area contributed by atoms with Crippen LogP contribution in [0.25, 0.3) is 6.08 Å². The van der Waals surface area contributed by atoms with Crippen LogP contribution in [0.4, 0.5) is 0 Å². The third-order valence-electron chi connectivity index (χ3n) is 3.43. The minimum absolute atomic E-state index is 0.142. The quantitative estimate of drug-likeness (QED) is 0.730. The first-order valence-electron chi connectivity index (χ1n) is 6.69. The van der Waals surface area contributed by atoms with Gasteiger partial charge in [-0.3, -0.25) is 4.79 Å². The molecule has 1 fully saturated rings. The summed E-state index contributed by atoms with van der Waals surface area (Å²) in [4.78, 5) is 14.0. The highest BCUT2D eigenvalue weighted by Gasteiger charge is 2.18. The number of hydrogen-bond donors (Lipinski definition) is 0. The first kappa shape index (κ1) is 12.9. The number of carbonyl (C=O) groups excluding carboxylic acids is 1.